The van der Waals surface area contributed by atoms with E-state index in [1.54, 1.807) is 19.2 Å². The van der Waals surface area contributed by atoms with Gasteiger partial charge in [-0.15, -0.1) is 24.0 Å². The second kappa shape index (κ2) is 10.9. The zero-order valence-electron chi connectivity index (χ0n) is 15.9. The molecule has 1 aliphatic heterocycles. The maximum absolute atomic E-state index is 13.0. The summed E-state index contributed by atoms with van der Waals surface area (Å²) in [4.78, 5) is 4.22. The normalized spacial score (nSPS) is 14.3. The SMILES string of the molecule is CN=C(NCC(C)Oc1ccc(F)cc1)Nc1ccc2c(c1)OCCCO2.I. The summed E-state index contributed by atoms with van der Waals surface area (Å²) in [5, 5.41) is 6.43. The summed E-state index contributed by atoms with van der Waals surface area (Å²) in [6.45, 7) is 3.76. The Morgan fingerprint density at radius 3 is 2.57 bits per heavy atom. The number of guanidine groups is 1. The molecule has 0 amide bonds. The van der Waals surface area contributed by atoms with E-state index in [4.69, 9.17) is 14.2 Å². The highest BCUT2D eigenvalue weighted by Crippen LogP contribution is 2.32. The smallest absolute Gasteiger partial charge is 0.195 e. The van der Waals surface area contributed by atoms with Gasteiger partial charge in [0.1, 0.15) is 17.7 Å². The van der Waals surface area contributed by atoms with Gasteiger partial charge in [-0.25, -0.2) is 4.39 Å². The van der Waals surface area contributed by atoms with Gasteiger partial charge in [-0.2, -0.15) is 0 Å². The third kappa shape index (κ3) is 6.43. The molecular formula is C20H25FIN3O3. The van der Waals surface area contributed by atoms with Crippen molar-refractivity contribution in [2.24, 2.45) is 4.99 Å². The minimum absolute atomic E-state index is 0. The lowest BCUT2D eigenvalue weighted by Crippen LogP contribution is -2.37. The van der Waals surface area contributed by atoms with E-state index < -0.39 is 0 Å². The predicted molar refractivity (Wildman–Crippen MR) is 119 cm³/mol. The summed E-state index contributed by atoms with van der Waals surface area (Å²) in [7, 11) is 1.70. The molecule has 0 aliphatic carbocycles. The number of nitrogens with zero attached hydrogens (tertiary/aromatic N) is 1. The highest BCUT2D eigenvalue weighted by Gasteiger charge is 2.12. The van der Waals surface area contributed by atoms with Crippen LogP contribution in [-0.2, 0) is 0 Å². The average Bonchev–Trinajstić information content (AvgIpc) is 2.92. The number of anilines is 1. The first-order valence-electron chi connectivity index (χ1n) is 8.93. The van der Waals surface area contributed by atoms with Gasteiger partial charge in [0.2, 0.25) is 0 Å². The van der Waals surface area contributed by atoms with E-state index in [0.717, 1.165) is 23.6 Å². The van der Waals surface area contributed by atoms with Crippen molar-refractivity contribution in [3.05, 3.63) is 48.3 Å². The molecule has 1 atom stereocenters. The summed E-state index contributed by atoms with van der Waals surface area (Å²) >= 11 is 0. The number of rotatable bonds is 5. The molecule has 1 aliphatic rings. The predicted octanol–water partition coefficient (Wildman–Crippen LogP) is 4.06. The molecule has 0 saturated carbocycles. The Labute approximate surface area is 181 Å². The highest BCUT2D eigenvalue weighted by atomic mass is 127. The van der Waals surface area contributed by atoms with Crippen LogP contribution in [0.1, 0.15) is 13.3 Å². The number of hydrogen-bond donors (Lipinski definition) is 2. The maximum Gasteiger partial charge on any atom is 0.195 e. The van der Waals surface area contributed by atoms with Gasteiger partial charge in [0.25, 0.3) is 0 Å². The molecule has 152 valence electrons. The number of aliphatic imine (C=N–C) groups is 1. The Kier molecular flexibility index (Phi) is 8.62. The van der Waals surface area contributed by atoms with Crippen molar-refractivity contribution in [2.45, 2.75) is 19.4 Å². The van der Waals surface area contributed by atoms with Crippen molar-refractivity contribution in [2.75, 3.05) is 32.1 Å². The van der Waals surface area contributed by atoms with E-state index in [1.807, 2.05) is 25.1 Å². The second-order valence-corrected chi connectivity index (χ2v) is 6.17. The summed E-state index contributed by atoms with van der Waals surface area (Å²) in [5.74, 6) is 2.42. The molecule has 0 fully saturated rings. The van der Waals surface area contributed by atoms with Crippen LogP contribution in [0, 0.1) is 5.82 Å². The molecule has 0 bridgehead atoms. The average molecular weight is 501 g/mol. The number of benzene rings is 2. The fourth-order valence-electron chi connectivity index (χ4n) is 2.58. The molecule has 28 heavy (non-hydrogen) atoms. The first kappa shape index (κ1) is 22.1. The van der Waals surface area contributed by atoms with Crippen molar-refractivity contribution in [1.82, 2.24) is 5.32 Å². The molecule has 1 unspecified atom stereocenters. The van der Waals surface area contributed by atoms with Crippen molar-refractivity contribution in [3.63, 3.8) is 0 Å². The van der Waals surface area contributed by atoms with Crippen LogP contribution in [0.25, 0.3) is 0 Å². The van der Waals surface area contributed by atoms with Gasteiger partial charge in [0.15, 0.2) is 17.5 Å². The molecule has 0 aromatic heterocycles. The maximum atomic E-state index is 13.0. The van der Waals surface area contributed by atoms with Gasteiger partial charge in [0, 0.05) is 25.2 Å². The van der Waals surface area contributed by atoms with Crippen LogP contribution >= 0.6 is 24.0 Å². The Morgan fingerprint density at radius 1 is 1.14 bits per heavy atom. The number of halogens is 2. The van der Waals surface area contributed by atoms with Crippen LogP contribution in [0.3, 0.4) is 0 Å². The minimum Gasteiger partial charge on any atom is -0.490 e. The summed E-state index contributed by atoms with van der Waals surface area (Å²) in [5.41, 5.74) is 0.847. The third-order valence-corrected chi connectivity index (χ3v) is 3.94. The number of ether oxygens (including phenoxy) is 3. The topological polar surface area (TPSA) is 64.1 Å². The zero-order chi connectivity index (χ0) is 19.1. The standard InChI is InChI=1S/C20H24FN3O3.HI/c1-14(27-17-7-4-15(21)5-8-17)13-23-20(22-2)24-16-6-9-18-19(12-16)26-11-3-10-25-18;/h4-9,12,14H,3,10-11,13H2,1-2H3,(H2,22,23,24);1H. The van der Waals surface area contributed by atoms with E-state index in [2.05, 4.69) is 15.6 Å². The van der Waals surface area contributed by atoms with Gasteiger partial charge in [-0.05, 0) is 43.3 Å². The van der Waals surface area contributed by atoms with Crippen LogP contribution in [0.2, 0.25) is 0 Å². The molecular weight excluding hydrogens is 476 g/mol. The number of fused-ring (bicyclic) bond motifs is 1. The Morgan fingerprint density at radius 2 is 1.86 bits per heavy atom. The second-order valence-electron chi connectivity index (χ2n) is 6.17. The fraction of sp³-hybridized carbons (Fsp3) is 0.350. The summed E-state index contributed by atoms with van der Waals surface area (Å²) in [6.07, 6.45) is 0.741. The fourth-order valence-corrected chi connectivity index (χ4v) is 2.58. The molecule has 0 saturated heterocycles. The van der Waals surface area contributed by atoms with Crippen LogP contribution < -0.4 is 24.8 Å². The monoisotopic (exact) mass is 501 g/mol. The number of nitrogens with one attached hydrogen (secondary N) is 2. The molecule has 3 rings (SSSR count). The Balaban J connectivity index is 0.00000280. The zero-order valence-corrected chi connectivity index (χ0v) is 18.2. The Hall–Kier alpha value is -2.23. The van der Waals surface area contributed by atoms with E-state index in [-0.39, 0.29) is 35.9 Å². The number of hydrogen-bond acceptors (Lipinski definition) is 4. The van der Waals surface area contributed by atoms with Crippen molar-refractivity contribution in [1.29, 1.82) is 0 Å². The molecule has 2 N–H and O–H groups in total. The van der Waals surface area contributed by atoms with Crippen LogP contribution in [0.4, 0.5) is 10.1 Å². The van der Waals surface area contributed by atoms with Crippen LogP contribution in [-0.4, -0.2) is 38.9 Å². The van der Waals surface area contributed by atoms with Crippen molar-refractivity contribution < 1.29 is 18.6 Å². The molecule has 0 radical (unpaired) electrons. The highest BCUT2D eigenvalue weighted by molar-refractivity contribution is 14.0. The van der Waals surface area contributed by atoms with E-state index in [1.165, 1.54) is 12.1 Å². The molecule has 6 nitrogen and oxygen atoms in total. The van der Waals surface area contributed by atoms with Crippen molar-refractivity contribution in [3.8, 4) is 17.2 Å². The third-order valence-electron chi connectivity index (χ3n) is 3.94. The summed E-state index contributed by atoms with van der Waals surface area (Å²) < 4.78 is 30.0. The Bertz CT molecular complexity index is 787. The van der Waals surface area contributed by atoms with E-state index in [9.17, 15) is 4.39 Å². The van der Waals surface area contributed by atoms with Gasteiger partial charge in [-0.1, -0.05) is 0 Å². The quantitative estimate of drug-likeness (QED) is 0.368. The summed E-state index contributed by atoms with van der Waals surface area (Å²) in [6, 6.07) is 11.7. The van der Waals surface area contributed by atoms with E-state index in [0.29, 0.717) is 31.5 Å². The molecule has 2 aromatic carbocycles. The lowest BCUT2D eigenvalue weighted by Gasteiger charge is -2.18. The minimum atomic E-state index is -0.284. The van der Waals surface area contributed by atoms with Gasteiger partial charge in [-0.3, -0.25) is 4.99 Å². The van der Waals surface area contributed by atoms with Gasteiger partial charge < -0.3 is 24.8 Å². The largest absolute Gasteiger partial charge is 0.490 e. The van der Waals surface area contributed by atoms with E-state index >= 15 is 0 Å². The molecule has 0 spiro atoms. The molecule has 8 heteroatoms. The van der Waals surface area contributed by atoms with Crippen LogP contribution in [0.5, 0.6) is 17.2 Å². The molecule has 1 heterocycles. The first-order valence-corrected chi connectivity index (χ1v) is 8.93. The van der Waals surface area contributed by atoms with Crippen molar-refractivity contribution >= 4 is 35.6 Å². The van der Waals surface area contributed by atoms with Gasteiger partial charge >= 0.3 is 0 Å². The van der Waals surface area contributed by atoms with Crippen LogP contribution in [0.15, 0.2) is 47.5 Å². The molecule has 2 aromatic rings. The lowest BCUT2D eigenvalue weighted by atomic mass is 10.2. The lowest BCUT2D eigenvalue weighted by molar-refractivity contribution is 0.224. The van der Waals surface area contributed by atoms with Gasteiger partial charge in [0.05, 0.1) is 19.8 Å². The first-order chi connectivity index (χ1) is 13.1.